The number of carbonyl (C=O) groups is 1. The first-order chi connectivity index (χ1) is 16.6. The highest BCUT2D eigenvalue weighted by atomic mass is 19.4. The Balaban J connectivity index is 1.42. The van der Waals surface area contributed by atoms with Gasteiger partial charge in [0.15, 0.2) is 0 Å². The van der Waals surface area contributed by atoms with E-state index < -0.39 is 17.9 Å². The zero-order valence-electron chi connectivity index (χ0n) is 19.0. The van der Waals surface area contributed by atoms with Gasteiger partial charge in [-0.1, -0.05) is 24.3 Å². The number of pyridine rings is 1. The summed E-state index contributed by atoms with van der Waals surface area (Å²) in [4.78, 5) is 24.0. The molecule has 0 bridgehead atoms. The highest BCUT2D eigenvalue weighted by molar-refractivity contribution is 5.98. The summed E-state index contributed by atoms with van der Waals surface area (Å²) in [6.45, 7) is 5.76. The molecule has 0 aliphatic rings. The highest BCUT2D eigenvalue weighted by Crippen LogP contribution is 2.29. The molecule has 1 aromatic carbocycles. The van der Waals surface area contributed by atoms with E-state index in [0.717, 1.165) is 40.3 Å². The second kappa shape index (κ2) is 9.49. The molecule has 0 fully saturated rings. The van der Waals surface area contributed by atoms with Crippen LogP contribution in [0.25, 0.3) is 11.1 Å². The summed E-state index contributed by atoms with van der Waals surface area (Å²) in [5.74, 6) is 0.0174. The Morgan fingerprint density at radius 3 is 2.37 bits per heavy atom. The van der Waals surface area contributed by atoms with Crippen molar-refractivity contribution in [3.05, 3.63) is 77.8 Å². The van der Waals surface area contributed by atoms with E-state index in [1.54, 1.807) is 0 Å². The number of nitrogens with one attached hydrogen (secondary N) is 2. The third kappa shape index (κ3) is 5.42. The average Bonchev–Trinajstić information content (AvgIpc) is 3.27. The molecule has 0 aliphatic carbocycles. The van der Waals surface area contributed by atoms with Gasteiger partial charge in [-0.2, -0.15) is 13.2 Å². The standard InChI is InChI=1S/C23H20F3N7O2/c1-13-21(14(2)29-12-28-13)17-6-4-16(5-7-17)15(3)33-11-20(35-32-33)31-22(34)30-18-8-9-27-19(10-18)23(24,25)26/h4-12,15H,1-3H3,(H-,27,30,31,32,34)/p+1/t15-/m1/s1. The lowest BCUT2D eigenvalue weighted by atomic mass is 9.99. The molecule has 0 unspecified atom stereocenters. The molecule has 35 heavy (non-hydrogen) atoms. The molecule has 4 rings (SSSR count). The minimum atomic E-state index is -4.62. The van der Waals surface area contributed by atoms with Crippen LogP contribution in [0.3, 0.4) is 0 Å². The Bertz CT molecular complexity index is 1330. The van der Waals surface area contributed by atoms with E-state index in [9.17, 15) is 18.0 Å². The number of nitrogens with zero attached hydrogens (tertiary/aromatic N) is 5. The zero-order valence-corrected chi connectivity index (χ0v) is 19.0. The maximum absolute atomic E-state index is 12.8. The van der Waals surface area contributed by atoms with Crippen molar-refractivity contribution in [2.45, 2.75) is 33.0 Å². The molecular weight excluding hydrogens is 463 g/mol. The second-order valence-electron chi connectivity index (χ2n) is 7.77. The van der Waals surface area contributed by atoms with Crippen LogP contribution in [0.2, 0.25) is 0 Å². The summed E-state index contributed by atoms with van der Waals surface area (Å²) in [6.07, 6.45) is -0.646. The van der Waals surface area contributed by atoms with Crippen LogP contribution in [0.4, 0.5) is 29.5 Å². The predicted octanol–water partition coefficient (Wildman–Crippen LogP) is 4.70. The van der Waals surface area contributed by atoms with E-state index >= 15 is 0 Å². The SMILES string of the molecule is Cc1ncnc(C)c1-c1ccc([C@@H](C)[n+]2cc(NC(=O)Nc3ccnc(C(F)(F)F)c3)on2)cc1. The minimum absolute atomic E-state index is 0.0174. The van der Waals surface area contributed by atoms with Crippen LogP contribution in [0, 0.1) is 13.8 Å². The van der Waals surface area contributed by atoms with Crippen LogP contribution in [0.5, 0.6) is 0 Å². The Morgan fingerprint density at radius 1 is 1.03 bits per heavy atom. The number of halogens is 3. The van der Waals surface area contributed by atoms with E-state index in [-0.39, 0.29) is 17.6 Å². The second-order valence-corrected chi connectivity index (χ2v) is 7.77. The number of hydrogen-bond donors (Lipinski definition) is 2. The summed E-state index contributed by atoms with van der Waals surface area (Å²) >= 11 is 0. The summed E-state index contributed by atoms with van der Waals surface area (Å²) in [5, 5.41) is 8.64. The van der Waals surface area contributed by atoms with E-state index in [1.807, 2.05) is 45.0 Å². The molecule has 0 saturated heterocycles. The largest absolute Gasteiger partial charge is 0.433 e. The zero-order chi connectivity index (χ0) is 25.2. The van der Waals surface area contributed by atoms with Crippen LogP contribution >= 0.6 is 0 Å². The van der Waals surface area contributed by atoms with Gasteiger partial charge in [-0.25, -0.2) is 14.8 Å². The first kappa shape index (κ1) is 23.8. The fourth-order valence-electron chi connectivity index (χ4n) is 3.53. The van der Waals surface area contributed by atoms with Crippen molar-refractivity contribution in [3.8, 4) is 11.1 Å². The number of aromatic nitrogens is 5. The number of aryl methyl sites for hydroxylation is 2. The van der Waals surface area contributed by atoms with Crippen molar-refractivity contribution in [1.82, 2.24) is 20.2 Å². The Kier molecular flexibility index (Phi) is 6.45. The number of alkyl halides is 3. The number of anilines is 2. The minimum Gasteiger partial charge on any atom is -0.308 e. The fourth-order valence-corrected chi connectivity index (χ4v) is 3.53. The van der Waals surface area contributed by atoms with Crippen molar-refractivity contribution < 1.29 is 27.2 Å². The van der Waals surface area contributed by atoms with Crippen molar-refractivity contribution >= 4 is 17.6 Å². The van der Waals surface area contributed by atoms with Gasteiger partial charge in [0, 0.05) is 41.3 Å². The van der Waals surface area contributed by atoms with Crippen LogP contribution in [0.15, 0.2) is 59.6 Å². The van der Waals surface area contributed by atoms with Crippen molar-refractivity contribution in [3.63, 3.8) is 0 Å². The fraction of sp³-hybridized carbons (Fsp3) is 0.217. The summed E-state index contributed by atoms with van der Waals surface area (Å²) in [6, 6.07) is 8.81. The van der Waals surface area contributed by atoms with Gasteiger partial charge in [-0.05, 0) is 36.2 Å². The Morgan fingerprint density at radius 2 is 1.71 bits per heavy atom. The van der Waals surface area contributed by atoms with E-state index in [0.29, 0.717) is 0 Å². The maximum Gasteiger partial charge on any atom is 0.433 e. The van der Waals surface area contributed by atoms with Gasteiger partial charge in [0.1, 0.15) is 12.0 Å². The summed E-state index contributed by atoms with van der Waals surface area (Å²) in [7, 11) is 0. The molecule has 3 aromatic heterocycles. The molecule has 3 heterocycles. The molecule has 9 nitrogen and oxygen atoms in total. The van der Waals surface area contributed by atoms with Gasteiger partial charge < -0.3 is 5.32 Å². The molecule has 180 valence electrons. The maximum atomic E-state index is 12.8. The first-order valence-corrected chi connectivity index (χ1v) is 10.5. The predicted molar refractivity (Wildman–Crippen MR) is 119 cm³/mol. The van der Waals surface area contributed by atoms with Gasteiger partial charge in [0.05, 0.1) is 0 Å². The van der Waals surface area contributed by atoms with E-state index in [1.165, 1.54) is 23.3 Å². The summed E-state index contributed by atoms with van der Waals surface area (Å²) in [5.41, 5.74) is 3.50. The van der Waals surface area contributed by atoms with Crippen molar-refractivity contribution in [2.75, 3.05) is 10.6 Å². The first-order valence-electron chi connectivity index (χ1n) is 10.5. The topological polar surface area (TPSA) is 110 Å². The quantitative estimate of drug-likeness (QED) is 0.397. The lowest BCUT2D eigenvalue weighted by Crippen LogP contribution is -2.39. The number of amides is 2. The van der Waals surface area contributed by atoms with Gasteiger partial charge >= 0.3 is 18.1 Å². The van der Waals surface area contributed by atoms with E-state index in [4.69, 9.17) is 4.52 Å². The van der Waals surface area contributed by atoms with Gasteiger partial charge in [0.2, 0.25) is 11.3 Å². The molecule has 2 amide bonds. The van der Waals surface area contributed by atoms with Crippen LogP contribution in [-0.4, -0.2) is 26.3 Å². The number of carbonyl (C=O) groups excluding carboxylic acids is 1. The number of rotatable bonds is 5. The third-order valence-corrected chi connectivity index (χ3v) is 5.33. The third-order valence-electron chi connectivity index (χ3n) is 5.33. The number of hydrogen-bond acceptors (Lipinski definition) is 6. The highest BCUT2D eigenvalue weighted by Gasteiger charge is 2.32. The van der Waals surface area contributed by atoms with Gasteiger partial charge in [-0.15, -0.1) is 0 Å². The molecule has 0 spiro atoms. The molecule has 2 N–H and O–H groups in total. The normalized spacial score (nSPS) is 12.3. The monoisotopic (exact) mass is 484 g/mol. The number of benzene rings is 1. The van der Waals surface area contributed by atoms with Crippen molar-refractivity contribution in [2.24, 2.45) is 0 Å². The summed E-state index contributed by atoms with van der Waals surface area (Å²) < 4.78 is 45.0. The molecule has 12 heteroatoms. The average molecular weight is 484 g/mol. The van der Waals surface area contributed by atoms with E-state index in [2.05, 4.69) is 30.9 Å². The molecular formula is C23H21F3N7O2+. The molecule has 4 aromatic rings. The Hall–Kier alpha value is -4.35. The molecule has 0 saturated carbocycles. The van der Waals surface area contributed by atoms with Gasteiger partial charge in [0.25, 0.3) is 6.20 Å². The molecule has 0 aliphatic heterocycles. The lowest BCUT2D eigenvalue weighted by molar-refractivity contribution is -0.774. The van der Waals surface area contributed by atoms with Crippen LogP contribution in [-0.2, 0) is 6.18 Å². The lowest BCUT2D eigenvalue weighted by Gasteiger charge is -2.09. The Labute approximate surface area is 198 Å². The van der Waals surface area contributed by atoms with Crippen molar-refractivity contribution in [1.29, 1.82) is 0 Å². The smallest absolute Gasteiger partial charge is 0.308 e. The molecule has 0 radical (unpaired) electrons. The van der Waals surface area contributed by atoms with Crippen LogP contribution < -0.4 is 15.3 Å². The molecule has 1 atom stereocenters. The van der Waals surface area contributed by atoms with Crippen LogP contribution in [0.1, 0.15) is 35.6 Å². The number of urea groups is 1. The van der Waals surface area contributed by atoms with Gasteiger partial charge in [-0.3, -0.25) is 14.8 Å².